The summed E-state index contributed by atoms with van der Waals surface area (Å²) in [6.45, 7) is 0.832. The van der Waals surface area contributed by atoms with Crippen molar-refractivity contribution in [2.45, 2.75) is 0 Å². The molecule has 6 heteroatoms. The molecule has 0 saturated heterocycles. The molecule has 0 unspecified atom stereocenters. The number of halogens is 2. The lowest BCUT2D eigenvalue weighted by molar-refractivity contribution is 0.349. The highest BCUT2D eigenvalue weighted by molar-refractivity contribution is 6.30. The Morgan fingerprint density at radius 3 is 1.65 bits per heavy atom. The largest absolute Gasteiger partial charge is 0.488 e. The molecule has 0 spiro atoms. The summed E-state index contributed by atoms with van der Waals surface area (Å²) in [5.74, 6) is 1.25. The van der Waals surface area contributed by atoms with Crippen LogP contribution in [0.2, 0.25) is 10.0 Å². The van der Waals surface area contributed by atoms with E-state index in [4.69, 9.17) is 32.7 Å². The zero-order chi connectivity index (χ0) is 14.2. The van der Waals surface area contributed by atoms with Crippen LogP contribution < -0.4 is 9.47 Å². The molecule has 0 atom stereocenters. The summed E-state index contributed by atoms with van der Waals surface area (Å²) >= 11 is 11.6. The van der Waals surface area contributed by atoms with Crippen LogP contribution in [-0.2, 0) is 0 Å². The summed E-state index contributed by atoms with van der Waals surface area (Å²) < 4.78 is 10.9. The third-order valence-electron chi connectivity index (χ3n) is 2.22. The first kappa shape index (κ1) is 14.6. The maximum atomic E-state index is 5.79. The normalized spacial score (nSPS) is 10.7. The van der Waals surface area contributed by atoms with Gasteiger partial charge in [0.2, 0.25) is 0 Å². The van der Waals surface area contributed by atoms with E-state index in [1.807, 2.05) is 12.2 Å². The molecular formula is C14H12Cl2N2O2. The Morgan fingerprint density at radius 1 is 0.800 bits per heavy atom. The van der Waals surface area contributed by atoms with E-state index in [9.17, 15) is 0 Å². The van der Waals surface area contributed by atoms with Crippen molar-refractivity contribution < 1.29 is 9.47 Å². The van der Waals surface area contributed by atoms with Crippen LogP contribution in [0.4, 0.5) is 0 Å². The fourth-order valence-electron chi connectivity index (χ4n) is 1.37. The first-order chi connectivity index (χ1) is 9.74. The second-order valence-electron chi connectivity index (χ2n) is 3.77. The molecule has 4 nitrogen and oxygen atoms in total. The van der Waals surface area contributed by atoms with E-state index in [0.29, 0.717) is 34.8 Å². The Labute approximate surface area is 127 Å². The predicted octanol–water partition coefficient (Wildman–Crippen LogP) is 3.80. The van der Waals surface area contributed by atoms with E-state index in [0.717, 1.165) is 0 Å². The molecule has 0 aliphatic carbocycles. The number of pyridine rings is 2. The van der Waals surface area contributed by atoms with Gasteiger partial charge in [0.05, 0.1) is 22.4 Å². The monoisotopic (exact) mass is 310 g/mol. The summed E-state index contributed by atoms with van der Waals surface area (Å²) in [6.07, 6.45) is 10.0. The summed E-state index contributed by atoms with van der Waals surface area (Å²) in [6, 6.07) is 3.41. The Morgan fingerprint density at radius 2 is 1.25 bits per heavy atom. The molecule has 2 aromatic rings. The molecule has 2 rings (SSSR count). The molecule has 0 N–H and O–H groups in total. The van der Waals surface area contributed by atoms with Gasteiger partial charge in [-0.25, -0.2) is 0 Å². The predicted molar refractivity (Wildman–Crippen MR) is 78.6 cm³/mol. The van der Waals surface area contributed by atoms with Crippen LogP contribution in [0.3, 0.4) is 0 Å². The van der Waals surface area contributed by atoms with Gasteiger partial charge in [0, 0.05) is 24.5 Å². The number of rotatable bonds is 6. The van der Waals surface area contributed by atoms with Gasteiger partial charge < -0.3 is 9.47 Å². The third-order valence-corrected chi connectivity index (χ3v) is 2.63. The fourth-order valence-corrected chi connectivity index (χ4v) is 1.70. The molecule has 2 heterocycles. The Hall–Kier alpha value is -1.78. The molecule has 0 saturated carbocycles. The van der Waals surface area contributed by atoms with E-state index in [1.54, 1.807) is 36.9 Å². The number of hydrogen-bond donors (Lipinski definition) is 0. The van der Waals surface area contributed by atoms with Crippen molar-refractivity contribution in [3.63, 3.8) is 0 Å². The summed E-state index contributed by atoms with van der Waals surface area (Å²) in [7, 11) is 0. The minimum Gasteiger partial charge on any atom is -0.488 e. The van der Waals surface area contributed by atoms with Crippen molar-refractivity contribution in [2.24, 2.45) is 0 Å². The van der Waals surface area contributed by atoms with Crippen molar-refractivity contribution >= 4 is 23.2 Å². The molecule has 0 amide bonds. The van der Waals surface area contributed by atoms with E-state index in [2.05, 4.69) is 9.97 Å². The highest BCUT2D eigenvalue weighted by Crippen LogP contribution is 2.15. The van der Waals surface area contributed by atoms with Crippen LogP contribution in [0.1, 0.15) is 0 Å². The van der Waals surface area contributed by atoms with Crippen molar-refractivity contribution in [2.75, 3.05) is 13.2 Å². The second kappa shape index (κ2) is 7.72. The third kappa shape index (κ3) is 5.07. The van der Waals surface area contributed by atoms with Gasteiger partial charge in [0.1, 0.15) is 24.7 Å². The fraction of sp³-hybridized carbons (Fsp3) is 0.143. The minimum atomic E-state index is 0.416. The Bertz CT molecular complexity index is 539. The Balaban J connectivity index is 1.69. The minimum absolute atomic E-state index is 0.416. The van der Waals surface area contributed by atoms with E-state index in [-0.39, 0.29) is 0 Å². The zero-order valence-corrected chi connectivity index (χ0v) is 12.0. The van der Waals surface area contributed by atoms with Gasteiger partial charge >= 0.3 is 0 Å². The van der Waals surface area contributed by atoms with Gasteiger partial charge in [0.25, 0.3) is 0 Å². The first-order valence-corrected chi connectivity index (χ1v) is 6.61. The van der Waals surface area contributed by atoms with E-state index < -0.39 is 0 Å². The van der Waals surface area contributed by atoms with E-state index >= 15 is 0 Å². The molecule has 0 radical (unpaired) electrons. The molecule has 0 fully saturated rings. The van der Waals surface area contributed by atoms with Gasteiger partial charge in [-0.05, 0) is 12.2 Å². The van der Waals surface area contributed by atoms with Crippen LogP contribution in [0, 0.1) is 0 Å². The smallest absolute Gasteiger partial charge is 0.139 e. The average molecular weight is 311 g/mol. The van der Waals surface area contributed by atoms with Crippen LogP contribution in [0.25, 0.3) is 0 Å². The molecule has 0 bridgehead atoms. The molecular weight excluding hydrogens is 299 g/mol. The lowest BCUT2D eigenvalue weighted by atomic mass is 10.4. The molecule has 2 aromatic heterocycles. The molecule has 0 aliphatic rings. The topological polar surface area (TPSA) is 44.2 Å². The maximum absolute atomic E-state index is 5.79. The summed E-state index contributed by atoms with van der Waals surface area (Å²) in [5, 5.41) is 1.09. The summed E-state index contributed by atoms with van der Waals surface area (Å²) in [4.78, 5) is 7.84. The van der Waals surface area contributed by atoms with Crippen LogP contribution in [0.5, 0.6) is 11.5 Å². The first-order valence-electron chi connectivity index (χ1n) is 5.86. The quantitative estimate of drug-likeness (QED) is 0.761. The molecule has 20 heavy (non-hydrogen) atoms. The van der Waals surface area contributed by atoms with Crippen LogP contribution in [0.15, 0.2) is 49.1 Å². The SMILES string of the molecule is Clc1cncc(OC/C=C\COc2cncc(Cl)c2)c1. The standard InChI is InChI=1S/C14H12Cl2N2O2/c15-11-5-13(9-17-7-11)19-3-1-2-4-20-14-6-12(16)8-18-10-14/h1-2,5-10H,3-4H2/b2-1-. The van der Waals surface area contributed by atoms with Crippen molar-refractivity contribution in [3.05, 3.63) is 59.1 Å². The Kier molecular flexibility index (Phi) is 5.65. The molecule has 104 valence electrons. The number of ether oxygens (including phenoxy) is 2. The highest BCUT2D eigenvalue weighted by Gasteiger charge is 1.95. The van der Waals surface area contributed by atoms with E-state index in [1.165, 1.54) is 0 Å². The molecule has 0 aromatic carbocycles. The maximum Gasteiger partial charge on any atom is 0.139 e. The number of hydrogen-bond acceptors (Lipinski definition) is 4. The number of nitrogens with zero attached hydrogens (tertiary/aromatic N) is 2. The van der Waals surface area contributed by atoms with Crippen molar-refractivity contribution in [1.29, 1.82) is 0 Å². The van der Waals surface area contributed by atoms with Crippen LogP contribution in [-0.4, -0.2) is 23.2 Å². The van der Waals surface area contributed by atoms with Gasteiger partial charge in [-0.2, -0.15) is 0 Å². The molecule has 0 aliphatic heterocycles. The van der Waals surface area contributed by atoms with Gasteiger partial charge in [-0.3, -0.25) is 9.97 Å². The summed E-state index contributed by atoms with van der Waals surface area (Å²) in [5.41, 5.74) is 0. The van der Waals surface area contributed by atoms with Crippen molar-refractivity contribution in [3.8, 4) is 11.5 Å². The second-order valence-corrected chi connectivity index (χ2v) is 4.64. The average Bonchev–Trinajstić information content (AvgIpc) is 2.43. The van der Waals surface area contributed by atoms with Gasteiger partial charge in [-0.15, -0.1) is 0 Å². The van der Waals surface area contributed by atoms with Gasteiger partial charge in [0.15, 0.2) is 0 Å². The lowest BCUT2D eigenvalue weighted by Gasteiger charge is -2.03. The van der Waals surface area contributed by atoms with Gasteiger partial charge in [-0.1, -0.05) is 23.2 Å². The van der Waals surface area contributed by atoms with Crippen LogP contribution >= 0.6 is 23.2 Å². The van der Waals surface area contributed by atoms with Crippen molar-refractivity contribution in [1.82, 2.24) is 9.97 Å². The number of aromatic nitrogens is 2. The highest BCUT2D eigenvalue weighted by atomic mass is 35.5. The zero-order valence-electron chi connectivity index (χ0n) is 10.5. The lowest BCUT2D eigenvalue weighted by Crippen LogP contribution is -1.97.